The van der Waals surface area contributed by atoms with Gasteiger partial charge in [-0.2, -0.15) is 0 Å². The quantitative estimate of drug-likeness (QED) is 0.615. The molecule has 29 heavy (non-hydrogen) atoms. The lowest BCUT2D eigenvalue weighted by atomic mass is 10.1. The molecule has 0 unspecified atom stereocenters. The van der Waals surface area contributed by atoms with Gasteiger partial charge in [0.05, 0.1) is 24.2 Å². The number of aliphatic hydroxyl groups is 1. The molecule has 2 aromatic carbocycles. The maximum atomic E-state index is 9.62. The Morgan fingerprint density at radius 1 is 1.10 bits per heavy atom. The van der Waals surface area contributed by atoms with E-state index in [0.29, 0.717) is 12.6 Å². The van der Waals surface area contributed by atoms with Gasteiger partial charge in [-0.05, 0) is 31.5 Å². The molecule has 0 bridgehead atoms. The number of hydrogen-bond acceptors (Lipinski definition) is 5. The molecule has 6 nitrogen and oxygen atoms in total. The van der Waals surface area contributed by atoms with Gasteiger partial charge >= 0.3 is 0 Å². The second-order valence-electron chi connectivity index (χ2n) is 7.61. The van der Waals surface area contributed by atoms with Crippen molar-refractivity contribution in [3.8, 4) is 5.75 Å². The van der Waals surface area contributed by atoms with Crippen molar-refractivity contribution < 1.29 is 9.84 Å². The molecule has 1 fully saturated rings. The van der Waals surface area contributed by atoms with Crippen molar-refractivity contribution in [2.45, 2.75) is 32.5 Å². The highest BCUT2D eigenvalue weighted by Gasteiger charge is 2.27. The van der Waals surface area contributed by atoms with Crippen LogP contribution in [0, 0.1) is 0 Å². The van der Waals surface area contributed by atoms with Crippen LogP contribution in [0.25, 0.3) is 11.0 Å². The third-order valence-electron chi connectivity index (χ3n) is 5.61. The van der Waals surface area contributed by atoms with Crippen molar-refractivity contribution in [1.82, 2.24) is 19.8 Å². The third-order valence-corrected chi connectivity index (χ3v) is 5.61. The highest BCUT2D eigenvalue weighted by Crippen LogP contribution is 2.24. The summed E-state index contributed by atoms with van der Waals surface area (Å²) in [5.74, 6) is 1.96. The van der Waals surface area contributed by atoms with Gasteiger partial charge in [-0.3, -0.25) is 9.80 Å². The van der Waals surface area contributed by atoms with Gasteiger partial charge in [-0.1, -0.05) is 30.3 Å². The minimum Gasteiger partial charge on any atom is -0.494 e. The number of aromatic nitrogens is 2. The largest absolute Gasteiger partial charge is 0.494 e. The Morgan fingerprint density at radius 2 is 1.93 bits per heavy atom. The van der Waals surface area contributed by atoms with E-state index < -0.39 is 0 Å². The number of aliphatic hydroxyl groups excluding tert-OH is 1. The molecular weight excluding hydrogens is 364 g/mol. The van der Waals surface area contributed by atoms with Gasteiger partial charge in [0.2, 0.25) is 0 Å². The maximum Gasteiger partial charge on any atom is 0.123 e. The molecular formula is C23H30N4O2. The zero-order valence-electron chi connectivity index (χ0n) is 17.1. The molecule has 3 aromatic rings. The lowest BCUT2D eigenvalue weighted by Gasteiger charge is -2.41. The average molecular weight is 395 g/mol. The first-order valence-electron chi connectivity index (χ1n) is 10.5. The molecule has 0 amide bonds. The first-order valence-corrected chi connectivity index (χ1v) is 10.5. The van der Waals surface area contributed by atoms with Gasteiger partial charge in [0, 0.05) is 44.4 Å². The first-order chi connectivity index (χ1) is 14.3. The van der Waals surface area contributed by atoms with Gasteiger partial charge in [-0.15, -0.1) is 0 Å². The normalized spacial score (nSPS) is 18.3. The second kappa shape index (κ2) is 9.39. The molecule has 2 N–H and O–H groups in total. The number of H-pyrrole nitrogens is 1. The molecule has 0 aliphatic carbocycles. The van der Waals surface area contributed by atoms with Gasteiger partial charge in [0.1, 0.15) is 11.6 Å². The Kier molecular flexibility index (Phi) is 6.44. The van der Waals surface area contributed by atoms with Crippen molar-refractivity contribution in [1.29, 1.82) is 0 Å². The average Bonchev–Trinajstić information content (AvgIpc) is 3.14. The Morgan fingerprint density at radius 3 is 2.76 bits per heavy atom. The van der Waals surface area contributed by atoms with Gasteiger partial charge in [-0.25, -0.2) is 4.98 Å². The van der Waals surface area contributed by atoms with Crippen LogP contribution in [0.1, 0.15) is 24.7 Å². The maximum absolute atomic E-state index is 9.62. The summed E-state index contributed by atoms with van der Waals surface area (Å²) in [5.41, 5.74) is 3.31. The molecule has 1 aliphatic heterocycles. The molecule has 0 spiro atoms. The van der Waals surface area contributed by atoms with E-state index in [2.05, 4.69) is 33.0 Å². The molecule has 6 heteroatoms. The van der Waals surface area contributed by atoms with Crippen molar-refractivity contribution >= 4 is 11.0 Å². The van der Waals surface area contributed by atoms with Gasteiger partial charge in [0.25, 0.3) is 0 Å². The van der Waals surface area contributed by atoms with E-state index >= 15 is 0 Å². The predicted octanol–water partition coefficient (Wildman–Crippen LogP) is 3.03. The molecule has 1 aliphatic rings. The summed E-state index contributed by atoms with van der Waals surface area (Å²) >= 11 is 0. The zero-order chi connectivity index (χ0) is 20.1. The molecule has 1 saturated heterocycles. The fourth-order valence-electron chi connectivity index (χ4n) is 4.17. The number of imidazole rings is 1. The van der Waals surface area contributed by atoms with Crippen LogP contribution in [0.5, 0.6) is 5.75 Å². The number of fused-ring (bicyclic) bond motifs is 1. The van der Waals surface area contributed by atoms with Crippen LogP contribution in [0.3, 0.4) is 0 Å². The highest BCUT2D eigenvalue weighted by atomic mass is 16.5. The van der Waals surface area contributed by atoms with E-state index in [0.717, 1.165) is 61.8 Å². The first kappa shape index (κ1) is 19.9. The van der Waals surface area contributed by atoms with Crippen molar-refractivity contribution in [2.75, 3.05) is 32.8 Å². The smallest absolute Gasteiger partial charge is 0.123 e. The highest BCUT2D eigenvalue weighted by molar-refractivity contribution is 5.74. The van der Waals surface area contributed by atoms with Crippen LogP contribution >= 0.6 is 0 Å². The van der Waals surface area contributed by atoms with Crippen LogP contribution in [-0.2, 0) is 13.1 Å². The van der Waals surface area contributed by atoms with Gasteiger partial charge < -0.3 is 14.8 Å². The Labute approximate surface area is 172 Å². The topological polar surface area (TPSA) is 64.6 Å². The number of nitrogens with one attached hydrogen (secondary N) is 1. The van der Waals surface area contributed by atoms with Crippen LogP contribution in [0.2, 0.25) is 0 Å². The zero-order valence-corrected chi connectivity index (χ0v) is 17.1. The SMILES string of the molecule is CCOc1ccccc1CN1CCN(Cc2nc3ccccc3[nH]2)C[C@H]1CCO. The standard InChI is InChI=1S/C23H30N4O2/c1-2-29-22-10-6-3-7-18(22)15-27-13-12-26(16-19(27)11-14-28)17-23-24-20-8-4-5-9-21(20)25-23/h3-10,19,28H,2,11-17H2,1H3,(H,24,25)/t19-/m1/s1. The minimum absolute atomic E-state index is 0.201. The van der Waals surface area contributed by atoms with E-state index in [1.54, 1.807) is 0 Å². The fourth-order valence-corrected chi connectivity index (χ4v) is 4.17. The Balaban J connectivity index is 1.43. The molecule has 2 heterocycles. The lowest BCUT2D eigenvalue weighted by Crippen LogP contribution is -2.52. The Hall–Kier alpha value is -2.41. The molecule has 0 saturated carbocycles. The summed E-state index contributed by atoms with van der Waals surface area (Å²) in [4.78, 5) is 13.1. The summed E-state index contributed by atoms with van der Waals surface area (Å²) in [6.07, 6.45) is 0.771. The van der Waals surface area contributed by atoms with Crippen molar-refractivity contribution in [3.05, 3.63) is 59.9 Å². The van der Waals surface area contributed by atoms with E-state index in [1.165, 1.54) is 5.56 Å². The number of nitrogens with zero attached hydrogens (tertiary/aromatic N) is 3. The summed E-state index contributed by atoms with van der Waals surface area (Å²) in [7, 11) is 0. The number of hydrogen-bond donors (Lipinski definition) is 2. The number of aromatic amines is 1. The molecule has 154 valence electrons. The number of rotatable bonds is 8. The summed E-state index contributed by atoms with van der Waals surface area (Å²) < 4.78 is 5.80. The van der Waals surface area contributed by atoms with E-state index in [1.807, 2.05) is 37.3 Å². The summed E-state index contributed by atoms with van der Waals surface area (Å²) in [6.45, 7) is 7.41. The van der Waals surface area contributed by atoms with E-state index in [4.69, 9.17) is 9.72 Å². The predicted molar refractivity (Wildman–Crippen MR) is 115 cm³/mol. The van der Waals surface area contributed by atoms with Crippen LogP contribution in [0.15, 0.2) is 48.5 Å². The van der Waals surface area contributed by atoms with Crippen molar-refractivity contribution in [3.63, 3.8) is 0 Å². The molecule has 4 rings (SSSR count). The van der Waals surface area contributed by atoms with E-state index in [-0.39, 0.29) is 6.61 Å². The Bertz CT molecular complexity index is 893. The lowest BCUT2D eigenvalue weighted by molar-refractivity contribution is 0.0483. The third kappa shape index (κ3) is 4.78. The fraction of sp³-hybridized carbons (Fsp3) is 0.435. The van der Waals surface area contributed by atoms with Crippen LogP contribution in [-0.4, -0.2) is 63.8 Å². The molecule has 0 radical (unpaired) electrons. The number of ether oxygens (including phenoxy) is 1. The molecule has 1 aromatic heterocycles. The monoisotopic (exact) mass is 394 g/mol. The summed E-state index contributed by atoms with van der Waals surface area (Å²) in [5, 5.41) is 9.62. The minimum atomic E-state index is 0.201. The van der Waals surface area contributed by atoms with Gasteiger partial charge in [0.15, 0.2) is 0 Å². The molecule has 1 atom stereocenters. The van der Waals surface area contributed by atoms with Crippen LogP contribution < -0.4 is 4.74 Å². The second-order valence-corrected chi connectivity index (χ2v) is 7.61. The van der Waals surface area contributed by atoms with E-state index in [9.17, 15) is 5.11 Å². The van der Waals surface area contributed by atoms with Crippen molar-refractivity contribution in [2.24, 2.45) is 0 Å². The number of piperazine rings is 1. The summed E-state index contributed by atoms with van der Waals surface area (Å²) in [6, 6.07) is 16.7. The number of benzene rings is 2. The number of para-hydroxylation sites is 3. The van der Waals surface area contributed by atoms with Crippen LogP contribution in [0.4, 0.5) is 0 Å².